The van der Waals surface area contributed by atoms with Gasteiger partial charge >= 0.3 is 18.1 Å². The number of nitrogens with zero attached hydrogens (tertiary/aromatic N) is 1. The van der Waals surface area contributed by atoms with Gasteiger partial charge < -0.3 is 19.5 Å². The highest BCUT2D eigenvalue weighted by Gasteiger charge is 2.34. The Bertz CT molecular complexity index is 1560. The summed E-state index contributed by atoms with van der Waals surface area (Å²) < 4.78 is 83.1. The minimum atomic E-state index is -4.80. The van der Waals surface area contributed by atoms with Crippen molar-refractivity contribution >= 4 is 39.2 Å². The van der Waals surface area contributed by atoms with E-state index in [0.29, 0.717) is 15.9 Å². The van der Waals surface area contributed by atoms with Crippen LogP contribution in [0.25, 0.3) is 0 Å². The molecule has 14 heteroatoms. The van der Waals surface area contributed by atoms with Gasteiger partial charge in [-0.1, -0.05) is 12.1 Å². The zero-order valence-electron chi connectivity index (χ0n) is 22.2. The van der Waals surface area contributed by atoms with Crippen LogP contribution in [0.1, 0.15) is 31.8 Å². The molecule has 10 nitrogen and oxygen atoms in total. The second kappa shape index (κ2) is 12.3. The van der Waals surface area contributed by atoms with Crippen molar-refractivity contribution in [2.75, 3.05) is 37.5 Å². The van der Waals surface area contributed by atoms with E-state index in [9.17, 15) is 36.0 Å². The summed E-state index contributed by atoms with van der Waals surface area (Å²) in [4.78, 5) is 37.0. The average molecular weight is 595 g/mol. The maximum Gasteiger partial charge on any atom is 0.416 e. The Morgan fingerprint density at radius 2 is 1.49 bits per heavy atom. The number of rotatable bonds is 9. The number of anilines is 2. The number of nitrogens with one attached hydrogen (secondary N) is 1. The molecule has 0 unspecified atom stereocenters. The van der Waals surface area contributed by atoms with Crippen molar-refractivity contribution in [3.63, 3.8) is 0 Å². The van der Waals surface area contributed by atoms with Gasteiger partial charge in [0.25, 0.3) is 10.0 Å². The zero-order chi connectivity index (χ0) is 30.5. The van der Waals surface area contributed by atoms with Crippen LogP contribution in [0.2, 0.25) is 0 Å². The molecule has 1 N–H and O–H groups in total. The smallest absolute Gasteiger partial charge is 0.416 e. The molecule has 0 heterocycles. The topological polar surface area (TPSA) is 128 Å². The number of methoxy groups -OCH3 is 3. The predicted octanol–water partition coefficient (Wildman–Crippen LogP) is 4.43. The van der Waals surface area contributed by atoms with Gasteiger partial charge in [0.1, 0.15) is 17.2 Å². The summed E-state index contributed by atoms with van der Waals surface area (Å²) in [6.45, 7) is 0.615. The Morgan fingerprint density at radius 3 is 2.02 bits per heavy atom. The number of carbonyl (C=O) groups excluding carboxylic acids is 3. The molecule has 0 saturated heterocycles. The Kier molecular flexibility index (Phi) is 9.28. The van der Waals surface area contributed by atoms with Crippen molar-refractivity contribution in [2.45, 2.75) is 18.0 Å². The molecule has 0 fully saturated rings. The van der Waals surface area contributed by atoms with Gasteiger partial charge in [-0.2, -0.15) is 13.2 Å². The molecule has 0 saturated carbocycles. The van der Waals surface area contributed by atoms with Gasteiger partial charge in [-0.25, -0.2) is 18.0 Å². The van der Waals surface area contributed by atoms with E-state index < -0.39 is 51.8 Å². The first-order chi connectivity index (χ1) is 19.2. The lowest BCUT2D eigenvalue weighted by Gasteiger charge is -2.26. The van der Waals surface area contributed by atoms with Crippen molar-refractivity contribution in [3.05, 3.63) is 82.9 Å². The maximum absolute atomic E-state index is 13.8. The minimum absolute atomic E-state index is 0.0958. The van der Waals surface area contributed by atoms with Gasteiger partial charge in [-0.15, -0.1) is 0 Å². The second-order valence-electron chi connectivity index (χ2n) is 8.54. The molecule has 0 bridgehead atoms. The molecule has 0 spiro atoms. The highest BCUT2D eigenvalue weighted by Crippen LogP contribution is 2.35. The number of ether oxygens (including phenoxy) is 3. The molecule has 3 rings (SSSR count). The zero-order valence-corrected chi connectivity index (χ0v) is 23.1. The van der Waals surface area contributed by atoms with Crippen LogP contribution in [-0.4, -0.2) is 54.1 Å². The molecule has 0 radical (unpaired) electrons. The van der Waals surface area contributed by atoms with Crippen molar-refractivity contribution < 1.29 is 50.2 Å². The Morgan fingerprint density at radius 1 is 0.878 bits per heavy atom. The van der Waals surface area contributed by atoms with Gasteiger partial charge in [0.2, 0.25) is 5.91 Å². The SMILES string of the molecule is COC(=O)c1cc(NC(=O)CN(c2cccc(C(F)(F)F)c2)S(=O)(=O)c2cc(C)ccc2OC)cc(C(=O)OC)c1. The Labute approximate surface area is 233 Å². The Balaban J connectivity index is 2.10. The number of carbonyl (C=O) groups is 3. The summed E-state index contributed by atoms with van der Waals surface area (Å²) in [6.07, 6.45) is -4.80. The van der Waals surface area contributed by atoms with Crippen molar-refractivity contribution in [2.24, 2.45) is 0 Å². The predicted molar refractivity (Wildman–Crippen MR) is 141 cm³/mol. The molecule has 0 atom stereocenters. The molecule has 1 amide bonds. The first-order valence-corrected chi connectivity index (χ1v) is 13.1. The molecular weight excluding hydrogens is 569 g/mol. The fourth-order valence-electron chi connectivity index (χ4n) is 3.76. The lowest BCUT2D eigenvalue weighted by atomic mass is 10.1. The lowest BCUT2D eigenvalue weighted by Crippen LogP contribution is -2.38. The molecule has 218 valence electrons. The number of benzene rings is 3. The van der Waals surface area contributed by atoms with Crippen LogP contribution in [-0.2, 0) is 30.5 Å². The highest BCUT2D eigenvalue weighted by molar-refractivity contribution is 7.93. The number of halogens is 3. The summed E-state index contributed by atoms with van der Waals surface area (Å²) in [7, 11) is -1.27. The largest absolute Gasteiger partial charge is 0.495 e. The number of esters is 2. The van der Waals surface area contributed by atoms with Crippen LogP contribution in [0.5, 0.6) is 5.75 Å². The molecule has 41 heavy (non-hydrogen) atoms. The van der Waals surface area contributed by atoms with Crippen LogP contribution in [0.3, 0.4) is 0 Å². The first kappa shape index (κ1) is 30.9. The molecule has 3 aromatic carbocycles. The third kappa shape index (κ3) is 7.14. The molecule has 0 aliphatic heterocycles. The van der Waals surface area contributed by atoms with E-state index in [1.165, 1.54) is 31.4 Å². The van der Waals surface area contributed by atoms with Crippen LogP contribution in [0.15, 0.2) is 65.6 Å². The monoisotopic (exact) mass is 594 g/mol. The van der Waals surface area contributed by atoms with E-state index in [-0.39, 0.29) is 27.5 Å². The third-order valence-corrected chi connectivity index (χ3v) is 7.49. The number of sulfonamides is 1. The number of hydrogen-bond donors (Lipinski definition) is 1. The number of amides is 1. The molecule has 0 aliphatic carbocycles. The normalized spacial score (nSPS) is 11.4. The van der Waals surface area contributed by atoms with Gasteiger partial charge in [0.05, 0.1) is 43.7 Å². The lowest BCUT2D eigenvalue weighted by molar-refractivity contribution is -0.137. The van der Waals surface area contributed by atoms with Crippen LogP contribution in [0.4, 0.5) is 24.5 Å². The van der Waals surface area contributed by atoms with Crippen LogP contribution < -0.4 is 14.4 Å². The first-order valence-electron chi connectivity index (χ1n) is 11.7. The highest BCUT2D eigenvalue weighted by atomic mass is 32.2. The maximum atomic E-state index is 13.8. The van der Waals surface area contributed by atoms with Gasteiger partial charge in [-0.05, 0) is 61.0 Å². The number of alkyl halides is 3. The van der Waals surface area contributed by atoms with Gasteiger partial charge in [0.15, 0.2) is 0 Å². The van der Waals surface area contributed by atoms with Crippen LogP contribution >= 0.6 is 0 Å². The summed E-state index contributed by atoms with van der Waals surface area (Å²) in [6, 6.07) is 11.2. The molecule has 0 aliphatic rings. The van der Waals surface area contributed by atoms with Gasteiger partial charge in [0, 0.05) is 5.69 Å². The van der Waals surface area contributed by atoms with Crippen LogP contribution in [0, 0.1) is 6.92 Å². The van der Waals surface area contributed by atoms with Crippen molar-refractivity contribution in [3.8, 4) is 5.75 Å². The summed E-state index contributed by atoms with van der Waals surface area (Å²) in [5.74, 6) is -2.78. The quantitative estimate of drug-likeness (QED) is 0.361. The molecular formula is C27H25F3N2O8S. The van der Waals surface area contributed by atoms with E-state index >= 15 is 0 Å². The standard InChI is InChI=1S/C27H25F3N2O8S/c1-16-8-9-22(38-2)23(10-16)41(36,37)32(21-7-5-6-19(14-21)27(28,29)30)15-24(33)31-20-12-17(25(34)39-3)11-18(13-20)26(35)40-4/h5-14H,15H2,1-4H3,(H,31,33). The number of aryl methyl sites for hydroxylation is 1. The molecule has 3 aromatic rings. The fraction of sp³-hybridized carbons (Fsp3) is 0.222. The number of hydrogen-bond acceptors (Lipinski definition) is 8. The fourth-order valence-corrected chi connectivity index (χ4v) is 5.41. The summed E-state index contributed by atoms with van der Waals surface area (Å²) in [5, 5.41) is 2.38. The van der Waals surface area contributed by atoms with E-state index in [2.05, 4.69) is 14.8 Å². The van der Waals surface area contributed by atoms with Crippen molar-refractivity contribution in [1.29, 1.82) is 0 Å². The van der Waals surface area contributed by atoms with Gasteiger partial charge in [-0.3, -0.25) is 9.10 Å². The van der Waals surface area contributed by atoms with E-state index in [1.807, 2.05) is 0 Å². The summed E-state index contributed by atoms with van der Waals surface area (Å²) in [5.41, 5.74) is -1.44. The second-order valence-corrected chi connectivity index (χ2v) is 10.4. The molecule has 0 aromatic heterocycles. The third-order valence-electron chi connectivity index (χ3n) is 5.69. The average Bonchev–Trinajstić information content (AvgIpc) is 2.94. The van der Waals surface area contributed by atoms with E-state index in [4.69, 9.17) is 4.74 Å². The minimum Gasteiger partial charge on any atom is -0.495 e. The summed E-state index contributed by atoms with van der Waals surface area (Å²) >= 11 is 0. The van der Waals surface area contributed by atoms with Crippen molar-refractivity contribution in [1.82, 2.24) is 0 Å². The van der Waals surface area contributed by atoms with E-state index in [1.54, 1.807) is 13.0 Å². The Hall–Kier alpha value is -4.59. The van der Waals surface area contributed by atoms with E-state index in [0.717, 1.165) is 38.5 Å².